The zero-order chi connectivity index (χ0) is 19.6. The number of rotatable bonds is 10. The van der Waals surface area contributed by atoms with Crippen molar-refractivity contribution in [2.45, 2.75) is 31.7 Å². The largest absolute Gasteiger partial charge is 0.348 e. The Morgan fingerprint density at radius 2 is 1.68 bits per heavy atom. The molecule has 0 saturated heterocycles. The summed E-state index contributed by atoms with van der Waals surface area (Å²) in [6.45, 7) is 0. The first-order valence-electron chi connectivity index (χ1n) is 9.55. The Labute approximate surface area is 165 Å². The van der Waals surface area contributed by atoms with Crippen LogP contribution in [0.2, 0.25) is 0 Å². The molecule has 2 aromatic carbocycles. The molecule has 2 atom stereocenters. The van der Waals surface area contributed by atoms with E-state index in [0.29, 0.717) is 12.8 Å². The molecule has 5 nitrogen and oxygen atoms in total. The summed E-state index contributed by atoms with van der Waals surface area (Å²) in [6.07, 6.45) is 6.62. The van der Waals surface area contributed by atoms with Gasteiger partial charge in [-0.2, -0.15) is 0 Å². The van der Waals surface area contributed by atoms with Gasteiger partial charge in [-0.15, -0.1) is 0 Å². The van der Waals surface area contributed by atoms with E-state index in [4.69, 9.17) is 0 Å². The number of hydrogen-bond acceptors (Lipinski definition) is 3. The minimum Gasteiger partial charge on any atom is -0.348 e. The number of amides is 1. The van der Waals surface area contributed by atoms with Crippen LogP contribution in [0.5, 0.6) is 0 Å². The van der Waals surface area contributed by atoms with Gasteiger partial charge in [-0.25, -0.2) is 4.98 Å². The predicted octanol–water partition coefficient (Wildman–Crippen LogP) is 3.13. The van der Waals surface area contributed by atoms with Gasteiger partial charge in [0, 0.05) is 24.2 Å². The first kappa shape index (κ1) is 19.5. The fourth-order valence-electron chi connectivity index (χ4n) is 3.28. The average molecular weight is 375 g/mol. The van der Waals surface area contributed by atoms with Crippen LogP contribution in [-0.2, 0) is 28.9 Å². The van der Waals surface area contributed by atoms with Gasteiger partial charge in [0.1, 0.15) is 6.29 Å². The highest BCUT2D eigenvalue weighted by atomic mass is 16.2. The molecule has 0 aliphatic rings. The van der Waals surface area contributed by atoms with Crippen molar-refractivity contribution in [1.29, 1.82) is 0 Å². The molecule has 144 valence electrons. The number of aromatic nitrogens is 2. The first-order valence-corrected chi connectivity index (χ1v) is 9.55. The second-order valence-electron chi connectivity index (χ2n) is 6.94. The second kappa shape index (κ2) is 10.2. The number of carbonyl (C=O) groups excluding carboxylic acids is 2. The van der Waals surface area contributed by atoms with E-state index in [1.807, 2.05) is 48.5 Å². The number of imidazole rings is 1. The molecule has 0 radical (unpaired) electrons. The van der Waals surface area contributed by atoms with Crippen molar-refractivity contribution in [3.05, 3.63) is 90.0 Å². The predicted molar refractivity (Wildman–Crippen MR) is 109 cm³/mol. The van der Waals surface area contributed by atoms with Crippen LogP contribution in [0.3, 0.4) is 0 Å². The van der Waals surface area contributed by atoms with E-state index in [9.17, 15) is 9.59 Å². The van der Waals surface area contributed by atoms with Crippen LogP contribution < -0.4 is 5.32 Å². The summed E-state index contributed by atoms with van der Waals surface area (Å²) in [5, 5.41) is 2.91. The summed E-state index contributed by atoms with van der Waals surface area (Å²) in [5.41, 5.74) is 3.14. The third kappa shape index (κ3) is 5.91. The maximum absolute atomic E-state index is 13.0. The van der Waals surface area contributed by atoms with E-state index in [0.717, 1.165) is 30.4 Å². The SMILES string of the molecule is O=CC(Cc1cnc[nH]1)NC(=O)C(CCc1ccccc1)Cc1ccccc1. The molecule has 0 fully saturated rings. The molecule has 1 aromatic heterocycles. The summed E-state index contributed by atoms with van der Waals surface area (Å²) in [7, 11) is 0. The topological polar surface area (TPSA) is 74.8 Å². The number of nitrogens with one attached hydrogen (secondary N) is 2. The molecule has 0 aliphatic heterocycles. The summed E-state index contributed by atoms with van der Waals surface area (Å²) in [4.78, 5) is 31.4. The van der Waals surface area contributed by atoms with E-state index in [2.05, 4.69) is 27.4 Å². The van der Waals surface area contributed by atoms with Crippen molar-refractivity contribution in [2.75, 3.05) is 0 Å². The number of benzene rings is 2. The maximum atomic E-state index is 13.0. The molecule has 0 saturated carbocycles. The molecule has 3 aromatic rings. The third-order valence-electron chi connectivity index (χ3n) is 4.81. The van der Waals surface area contributed by atoms with Gasteiger partial charge in [-0.05, 0) is 30.4 Å². The van der Waals surface area contributed by atoms with E-state index in [1.165, 1.54) is 5.56 Å². The van der Waals surface area contributed by atoms with Gasteiger partial charge in [0.05, 0.1) is 12.4 Å². The zero-order valence-corrected chi connectivity index (χ0v) is 15.8. The Balaban J connectivity index is 1.66. The van der Waals surface area contributed by atoms with Crippen molar-refractivity contribution in [1.82, 2.24) is 15.3 Å². The third-order valence-corrected chi connectivity index (χ3v) is 4.81. The first-order chi connectivity index (χ1) is 13.7. The lowest BCUT2D eigenvalue weighted by Crippen LogP contribution is -2.42. The summed E-state index contributed by atoms with van der Waals surface area (Å²) < 4.78 is 0. The quantitative estimate of drug-likeness (QED) is 0.535. The monoisotopic (exact) mass is 375 g/mol. The molecule has 5 heteroatoms. The van der Waals surface area contributed by atoms with Crippen LogP contribution in [0.15, 0.2) is 73.2 Å². The second-order valence-corrected chi connectivity index (χ2v) is 6.94. The minimum atomic E-state index is -0.567. The molecular formula is C23H25N3O2. The summed E-state index contributed by atoms with van der Waals surface area (Å²) in [5.74, 6) is -0.289. The molecule has 28 heavy (non-hydrogen) atoms. The molecule has 1 amide bonds. The van der Waals surface area contributed by atoms with Crippen LogP contribution in [0.4, 0.5) is 0 Å². The molecule has 2 unspecified atom stereocenters. The standard InChI is InChI=1S/C23H25N3O2/c27-16-22(14-21-15-24-17-25-21)26-23(28)20(13-19-9-5-2-6-10-19)12-11-18-7-3-1-4-8-18/h1-10,15-17,20,22H,11-14H2,(H,24,25)(H,26,28). The fraction of sp³-hybridized carbons (Fsp3) is 0.261. The molecule has 0 aliphatic carbocycles. The van der Waals surface area contributed by atoms with Gasteiger partial charge in [0.2, 0.25) is 5.91 Å². The van der Waals surface area contributed by atoms with Crippen LogP contribution in [0.25, 0.3) is 0 Å². The molecule has 0 bridgehead atoms. The summed E-state index contributed by atoms with van der Waals surface area (Å²) in [6, 6.07) is 19.6. The highest BCUT2D eigenvalue weighted by Gasteiger charge is 2.22. The van der Waals surface area contributed by atoms with Crippen molar-refractivity contribution in [3.63, 3.8) is 0 Å². The number of nitrogens with zero attached hydrogens (tertiary/aromatic N) is 1. The number of aromatic amines is 1. The van der Waals surface area contributed by atoms with Crippen LogP contribution in [-0.4, -0.2) is 28.2 Å². The van der Waals surface area contributed by atoms with Gasteiger partial charge in [-0.3, -0.25) is 4.79 Å². The Kier molecular flexibility index (Phi) is 7.13. The van der Waals surface area contributed by atoms with Crippen LogP contribution in [0, 0.1) is 5.92 Å². The lowest BCUT2D eigenvalue weighted by atomic mass is 9.91. The number of aryl methyl sites for hydroxylation is 1. The lowest BCUT2D eigenvalue weighted by Gasteiger charge is -2.20. The number of H-pyrrole nitrogens is 1. The van der Waals surface area contributed by atoms with Gasteiger partial charge < -0.3 is 15.1 Å². The van der Waals surface area contributed by atoms with Crippen molar-refractivity contribution in [2.24, 2.45) is 5.92 Å². The van der Waals surface area contributed by atoms with Gasteiger partial charge >= 0.3 is 0 Å². The Bertz CT molecular complexity index is 848. The van der Waals surface area contributed by atoms with E-state index < -0.39 is 6.04 Å². The Morgan fingerprint density at radius 3 is 2.29 bits per heavy atom. The molecular weight excluding hydrogens is 350 g/mol. The number of hydrogen-bond donors (Lipinski definition) is 2. The van der Waals surface area contributed by atoms with Crippen LogP contribution in [0.1, 0.15) is 23.2 Å². The molecule has 0 spiro atoms. The Hall–Kier alpha value is -3.21. The number of aldehydes is 1. The van der Waals surface area contributed by atoms with Gasteiger partial charge in [0.25, 0.3) is 0 Å². The smallest absolute Gasteiger partial charge is 0.224 e. The van der Waals surface area contributed by atoms with Crippen LogP contribution >= 0.6 is 0 Å². The summed E-state index contributed by atoms with van der Waals surface area (Å²) >= 11 is 0. The highest BCUT2D eigenvalue weighted by molar-refractivity contribution is 5.82. The average Bonchev–Trinajstić information content (AvgIpc) is 3.25. The van der Waals surface area contributed by atoms with Gasteiger partial charge in [0.15, 0.2) is 0 Å². The zero-order valence-electron chi connectivity index (χ0n) is 15.8. The Morgan fingerprint density at radius 1 is 1.00 bits per heavy atom. The van der Waals surface area contributed by atoms with E-state index in [-0.39, 0.29) is 11.8 Å². The molecule has 3 rings (SSSR count). The fourth-order valence-corrected chi connectivity index (χ4v) is 3.28. The highest BCUT2D eigenvalue weighted by Crippen LogP contribution is 2.17. The molecule has 2 N–H and O–H groups in total. The van der Waals surface area contributed by atoms with Crippen molar-refractivity contribution < 1.29 is 9.59 Å². The van der Waals surface area contributed by atoms with Crippen molar-refractivity contribution in [3.8, 4) is 0 Å². The van der Waals surface area contributed by atoms with E-state index in [1.54, 1.807) is 12.5 Å². The number of carbonyl (C=O) groups is 2. The lowest BCUT2D eigenvalue weighted by molar-refractivity contribution is -0.127. The van der Waals surface area contributed by atoms with Gasteiger partial charge in [-0.1, -0.05) is 60.7 Å². The van der Waals surface area contributed by atoms with E-state index >= 15 is 0 Å². The maximum Gasteiger partial charge on any atom is 0.224 e. The normalized spacial score (nSPS) is 12.9. The molecule has 1 heterocycles. The minimum absolute atomic E-state index is 0.0867. The van der Waals surface area contributed by atoms with Crippen molar-refractivity contribution >= 4 is 12.2 Å².